The van der Waals surface area contributed by atoms with Gasteiger partial charge in [-0.25, -0.2) is 4.79 Å². The van der Waals surface area contributed by atoms with E-state index in [2.05, 4.69) is 5.32 Å². The Balaban J connectivity index is 1.65. The van der Waals surface area contributed by atoms with E-state index < -0.39 is 0 Å². The minimum atomic E-state index is 0.0300. The highest BCUT2D eigenvalue weighted by Crippen LogP contribution is 2.34. The number of hydrogen-bond acceptors (Lipinski definition) is 3. The fourth-order valence-electron chi connectivity index (χ4n) is 2.83. The van der Waals surface area contributed by atoms with Crippen LogP contribution < -0.4 is 14.8 Å². The van der Waals surface area contributed by atoms with Crippen LogP contribution in [0.1, 0.15) is 18.4 Å². The van der Waals surface area contributed by atoms with Gasteiger partial charge in [-0.2, -0.15) is 0 Å². The van der Waals surface area contributed by atoms with Gasteiger partial charge >= 0.3 is 6.03 Å². The number of likely N-dealkylation sites (tertiary alicyclic amines) is 1. The van der Waals surface area contributed by atoms with E-state index in [9.17, 15) is 4.79 Å². The molecule has 2 aliphatic rings. The smallest absolute Gasteiger partial charge is 0.317 e. The number of nitrogens with zero attached hydrogens (tertiary/aromatic N) is 1. The topological polar surface area (TPSA) is 50.8 Å². The number of para-hydroxylation sites is 1. The zero-order chi connectivity index (χ0) is 13.9. The molecule has 1 aromatic rings. The highest BCUT2D eigenvalue weighted by atomic mass is 16.5. The summed E-state index contributed by atoms with van der Waals surface area (Å²) in [5.74, 6) is 1.56. The van der Waals surface area contributed by atoms with Crippen LogP contribution in [-0.4, -0.2) is 43.8 Å². The number of nitrogens with one attached hydrogen (secondary N) is 1. The van der Waals surface area contributed by atoms with Crippen LogP contribution in [0.2, 0.25) is 0 Å². The summed E-state index contributed by atoms with van der Waals surface area (Å²) >= 11 is 0. The largest absolute Gasteiger partial charge is 0.493 e. The molecule has 2 aliphatic heterocycles. The first-order chi connectivity index (χ1) is 9.78. The lowest BCUT2D eigenvalue weighted by molar-refractivity contribution is 0.187. The van der Waals surface area contributed by atoms with Gasteiger partial charge < -0.3 is 19.7 Å². The quantitative estimate of drug-likeness (QED) is 0.896. The molecule has 0 aromatic heterocycles. The van der Waals surface area contributed by atoms with E-state index >= 15 is 0 Å². The van der Waals surface area contributed by atoms with Gasteiger partial charge in [-0.3, -0.25) is 0 Å². The average Bonchev–Trinajstić information content (AvgIpc) is 3.00. The SMILES string of the molecule is COc1cccc2c1OCC(NC(=O)N1CCCC1)C2. The molecule has 108 valence electrons. The van der Waals surface area contributed by atoms with Crippen molar-refractivity contribution >= 4 is 6.03 Å². The van der Waals surface area contributed by atoms with Crippen LogP contribution in [0, 0.1) is 0 Å². The van der Waals surface area contributed by atoms with E-state index in [4.69, 9.17) is 9.47 Å². The number of carbonyl (C=O) groups is 1. The lowest BCUT2D eigenvalue weighted by Gasteiger charge is -2.28. The van der Waals surface area contributed by atoms with Crippen LogP contribution in [-0.2, 0) is 6.42 Å². The van der Waals surface area contributed by atoms with Gasteiger partial charge in [0, 0.05) is 18.7 Å². The maximum atomic E-state index is 12.1. The molecule has 2 heterocycles. The molecule has 0 aliphatic carbocycles. The van der Waals surface area contributed by atoms with Crippen molar-refractivity contribution in [3.63, 3.8) is 0 Å². The standard InChI is InChI=1S/C15H20N2O3/c1-19-13-6-4-5-11-9-12(10-20-14(11)13)16-15(18)17-7-2-3-8-17/h4-6,12H,2-3,7-10H2,1H3,(H,16,18). The summed E-state index contributed by atoms with van der Waals surface area (Å²) in [4.78, 5) is 14.0. The van der Waals surface area contributed by atoms with E-state index in [1.54, 1.807) is 7.11 Å². The summed E-state index contributed by atoms with van der Waals surface area (Å²) in [5, 5.41) is 3.06. The molecule has 1 N–H and O–H groups in total. The van der Waals surface area contributed by atoms with Crippen molar-refractivity contribution in [2.75, 3.05) is 26.8 Å². The van der Waals surface area contributed by atoms with Crippen molar-refractivity contribution in [3.05, 3.63) is 23.8 Å². The molecule has 3 rings (SSSR count). The number of benzene rings is 1. The number of ether oxygens (including phenoxy) is 2. The first kappa shape index (κ1) is 13.1. The number of hydrogen-bond donors (Lipinski definition) is 1. The molecule has 0 spiro atoms. The Morgan fingerprint density at radius 1 is 1.40 bits per heavy atom. The molecule has 0 radical (unpaired) electrons. The molecule has 20 heavy (non-hydrogen) atoms. The molecule has 1 atom stereocenters. The van der Waals surface area contributed by atoms with Gasteiger partial charge in [0.15, 0.2) is 11.5 Å². The van der Waals surface area contributed by atoms with Crippen molar-refractivity contribution in [2.24, 2.45) is 0 Å². The van der Waals surface area contributed by atoms with Gasteiger partial charge in [0.2, 0.25) is 0 Å². The summed E-state index contributed by atoms with van der Waals surface area (Å²) in [6.07, 6.45) is 3.00. The summed E-state index contributed by atoms with van der Waals surface area (Å²) in [6, 6.07) is 5.92. The van der Waals surface area contributed by atoms with Crippen LogP contribution >= 0.6 is 0 Å². The van der Waals surface area contributed by atoms with Gasteiger partial charge in [-0.05, 0) is 25.3 Å². The Kier molecular flexibility index (Phi) is 3.67. The normalized spacial score (nSPS) is 21.1. The van der Waals surface area contributed by atoms with Crippen LogP contribution in [0.25, 0.3) is 0 Å². The number of carbonyl (C=O) groups excluding carboxylic acids is 1. The first-order valence-electron chi connectivity index (χ1n) is 7.12. The average molecular weight is 276 g/mol. The van der Waals surface area contributed by atoms with Crippen molar-refractivity contribution in [3.8, 4) is 11.5 Å². The summed E-state index contributed by atoms with van der Waals surface area (Å²) in [5.41, 5.74) is 1.09. The number of amides is 2. The Morgan fingerprint density at radius 2 is 2.20 bits per heavy atom. The Labute approximate surface area is 118 Å². The van der Waals surface area contributed by atoms with Crippen LogP contribution in [0.5, 0.6) is 11.5 Å². The lowest BCUT2D eigenvalue weighted by Crippen LogP contribution is -2.48. The molecule has 0 saturated carbocycles. The highest BCUT2D eigenvalue weighted by Gasteiger charge is 2.26. The minimum absolute atomic E-state index is 0.0300. The Hall–Kier alpha value is -1.91. The number of rotatable bonds is 2. The lowest BCUT2D eigenvalue weighted by atomic mass is 10.0. The molecule has 1 unspecified atom stereocenters. The summed E-state index contributed by atoms with van der Waals surface area (Å²) < 4.78 is 11.1. The molecule has 5 nitrogen and oxygen atoms in total. The van der Waals surface area contributed by atoms with Crippen molar-refractivity contribution in [1.82, 2.24) is 10.2 Å². The van der Waals surface area contributed by atoms with E-state index in [1.165, 1.54) is 0 Å². The highest BCUT2D eigenvalue weighted by molar-refractivity contribution is 5.75. The predicted molar refractivity (Wildman–Crippen MR) is 75.3 cm³/mol. The molecule has 1 fully saturated rings. The van der Waals surface area contributed by atoms with Gasteiger partial charge in [-0.1, -0.05) is 12.1 Å². The van der Waals surface area contributed by atoms with E-state index in [-0.39, 0.29) is 12.1 Å². The van der Waals surface area contributed by atoms with Crippen molar-refractivity contribution in [2.45, 2.75) is 25.3 Å². The van der Waals surface area contributed by atoms with E-state index in [0.717, 1.165) is 49.4 Å². The molecule has 0 bridgehead atoms. The number of urea groups is 1. The van der Waals surface area contributed by atoms with Crippen molar-refractivity contribution < 1.29 is 14.3 Å². The Morgan fingerprint density at radius 3 is 2.95 bits per heavy atom. The molecular weight excluding hydrogens is 256 g/mol. The number of methoxy groups -OCH3 is 1. The molecule has 1 saturated heterocycles. The van der Waals surface area contributed by atoms with Crippen LogP contribution in [0.3, 0.4) is 0 Å². The zero-order valence-electron chi connectivity index (χ0n) is 11.7. The minimum Gasteiger partial charge on any atom is -0.493 e. The fourth-order valence-corrected chi connectivity index (χ4v) is 2.83. The van der Waals surface area contributed by atoms with Gasteiger partial charge in [0.25, 0.3) is 0 Å². The molecule has 5 heteroatoms. The summed E-state index contributed by atoms with van der Waals surface area (Å²) in [7, 11) is 1.64. The monoisotopic (exact) mass is 276 g/mol. The molecule has 1 aromatic carbocycles. The second-order valence-corrected chi connectivity index (χ2v) is 5.30. The predicted octanol–water partition coefficient (Wildman–Crippen LogP) is 1.80. The van der Waals surface area contributed by atoms with Gasteiger partial charge in [0.05, 0.1) is 13.2 Å². The van der Waals surface area contributed by atoms with Crippen LogP contribution in [0.15, 0.2) is 18.2 Å². The van der Waals surface area contributed by atoms with Crippen LogP contribution in [0.4, 0.5) is 4.79 Å². The third-order valence-electron chi connectivity index (χ3n) is 3.90. The van der Waals surface area contributed by atoms with Gasteiger partial charge in [-0.15, -0.1) is 0 Å². The van der Waals surface area contributed by atoms with E-state index in [0.29, 0.717) is 6.61 Å². The number of fused-ring (bicyclic) bond motifs is 1. The second-order valence-electron chi connectivity index (χ2n) is 5.30. The first-order valence-corrected chi connectivity index (χ1v) is 7.12. The molecule has 2 amide bonds. The molecular formula is C15H20N2O3. The third-order valence-corrected chi connectivity index (χ3v) is 3.90. The fraction of sp³-hybridized carbons (Fsp3) is 0.533. The van der Waals surface area contributed by atoms with E-state index in [1.807, 2.05) is 23.1 Å². The zero-order valence-corrected chi connectivity index (χ0v) is 11.7. The maximum absolute atomic E-state index is 12.1. The maximum Gasteiger partial charge on any atom is 0.317 e. The summed E-state index contributed by atoms with van der Waals surface area (Å²) in [6.45, 7) is 2.22. The van der Waals surface area contributed by atoms with Gasteiger partial charge in [0.1, 0.15) is 6.61 Å². The second kappa shape index (κ2) is 5.61. The van der Waals surface area contributed by atoms with Crippen molar-refractivity contribution in [1.29, 1.82) is 0 Å². The Bertz CT molecular complexity index is 498. The third kappa shape index (κ3) is 2.53.